The zero-order valence-corrected chi connectivity index (χ0v) is 17.3. The molecule has 0 bridgehead atoms. The number of nitrogens with zero attached hydrogens (tertiary/aromatic N) is 1. The van der Waals surface area contributed by atoms with E-state index in [1.807, 2.05) is 0 Å². The van der Waals surface area contributed by atoms with Crippen molar-refractivity contribution in [2.24, 2.45) is 11.8 Å². The van der Waals surface area contributed by atoms with Crippen molar-refractivity contribution in [2.75, 3.05) is 6.54 Å². The first-order valence-electron chi connectivity index (χ1n) is 11.1. The standard InChI is InChI=1S/C27H30N2/c1-3-7-23-16-19(2)27-24(12-14-28-27)25(23)18-29-15-13-22(20-10-11-20)17-26(29)21-8-5-4-6-9-21/h1,4-6,8-9,12,14,16,20,22,26,28H,7,10-11,13,15,17-18H2,2H3/t22?,26-/m0/s1. The molecule has 5 rings (SSSR count). The number of aryl methyl sites for hydroxylation is 1. The number of aromatic amines is 1. The van der Waals surface area contributed by atoms with Gasteiger partial charge in [-0.05, 0) is 79.3 Å². The molecule has 1 aliphatic heterocycles. The SMILES string of the molecule is C#CCc1cc(C)c2[nH]ccc2c1CN1CCC(C2CC2)C[C@H]1c1ccccc1. The Labute approximate surface area is 174 Å². The normalized spacial score (nSPS) is 22.6. The third kappa shape index (κ3) is 3.61. The van der Waals surface area contributed by atoms with Gasteiger partial charge in [0.15, 0.2) is 0 Å². The summed E-state index contributed by atoms with van der Waals surface area (Å²) in [5, 5.41) is 1.34. The van der Waals surface area contributed by atoms with Gasteiger partial charge in [0, 0.05) is 36.1 Å². The fraction of sp³-hybridized carbons (Fsp3) is 0.407. The van der Waals surface area contributed by atoms with Crippen LogP contribution in [-0.2, 0) is 13.0 Å². The number of fused-ring (bicyclic) bond motifs is 1. The molecule has 2 atom stereocenters. The minimum Gasteiger partial charge on any atom is -0.361 e. The van der Waals surface area contributed by atoms with Crippen molar-refractivity contribution in [3.05, 3.63) is 70.9 Å². The second-order valence-corrected chi connectivity index (χ2v) is 9.00. The molecule has 1 saturated carbocycles. The predicted octanol–water partition coefficient (Wildman–Crippen LogP) is 6.02. The molecule has 0 spiro atoms. The van der Waals surface area contributed by atoms with Crippen molar-refractivity contribution in [1.29, 1.82) is 0 Å². The number of aromatic nitrogens is 1. The number of H-pyrrole nitrogens is 1. The van der Waals surface area contributed by atoms with Crippen molar-refractivity contribution in [3.63, 3.8) is 0 Å². The van der Waals surface area contributed by atoms with Crippen LogP contribution in [0.5, 0.6) is 0 Å². The van der Waals surface area contributed by atoms with Crippen LogP contribution in [0.2, 0.25) is 0 Å². The van der Waals surface area contributed by atoms with E-state index in [9.17, 15) is 0 Å². The summed E-state index contributed by atoms with van der Waals surface area (Å²) in [5.74, 6) is 4.77. The third-order valence-electron chi connectivity index (χ3n) is 7.13. The quantitative estimate of drug-likeness (QED) is 0.535. The maximum atomic E-state index is 5.74. The van der Waals surface area contributed by atoms with E-state index in [-0.39, 0.29) is 0 Å². The molecule has 2 heteroatoms. The maximum Gasteiger partial charge on any atom is 0.0487 e. The number of terminal acetylenes is 1. The fourth-order valence-electron chi connectivity index (χ4n) is 5.45. The molecule has 0 amide bonds. The van der Waals surface area contributed by atoms with Crippen LogP contribution < -0.4 is 0 Å². The first-order valence-corrected chi connectivity index (χ1v) is 11.1. The first kappa shape index (κ1) is 18.5. The van der Waals surface area contributed by atoms with Crippen LogP contribution in [0.15, 0.2) is 48.7 Å². The van der Waals surface area contributed by atoms with E-state index in [0.717, 1.165) is 18.4 Å². The largest absolute Gasteiger partial charge is 0.361 e. The molecule has 2 nitrogen and oxygen atoms in total. The van der Waals surface area contributed by atoms with Gasteiger partial charge >= 0.3 is 0 Å². The van der Waals surface area contributed by atoms with Gasteiger partial charge in [0.05, 0.1) is 0 Å². The van der Waals surface area contributed by atoms with Gasteiger partial charge in [-0.3, -0.25) is 4.90 Å². The van der Waals surface area contributed by atoms with Crippen LogP contribution in [-0.4, -0.2) is 16.4 Å². The summed E-state index contributed by atoms with van der Waals surface area (Å²) >= 11 is 0. The smallest absolute Gasteiger partial charge is 0.0487 e. The van der Waals surface area contributed by atoms with E-state index >= 15 is 0 Å². The fourth-order valence-corrected chi connectivity index (χ4v) is 5.45. The van der Waals surface area contributed by atoms with Crippen LogP contribution in [0.3, 0.4) is 0 Å². The van der Waals surface area contributed by atoms with E-state index in [1.165, 1.54) is 65.4 Å². The number of benzene rings is 2. The highest BCUT2D eigenvalue weighted by atomic mass is 15.2. The van der Waals surface area contributed by atoms with Gasteiger partial charge in [-0.1, -0.05) is 36.4 Å². The number of piperidine rings is 1. The highest BCUT2D eigenvalue weighted by molar-refractivity contribution is 5.87. The monoisotopic (exact) mass is 382 g/mol. The summed E-state index contributed by atoms with van der Waals surface area (Å²) in [6.45, 7) is 4.33. The summed E-state index contributed by atoms with van der Waals surface area (Å²) in [5.41, 5.74) is 6.73. The summed E-state index contributed by atoms with van der Waals surface area (Å²) < 4.78 is 0. The van der Waals surface area contributed by atoms with E-state index < -0.39 is 0 Å². The Morgan fingerprint density at radius 2 is 1.93 bits per heavy atom. The molecule has 1 unspecified atom stereocenters. The van der Waals surface area contributed by atoms with Crippen LogP contribution in [0.25, 0.3) is 10.9 Å². The topological polar surface area (TPSA) is 19.0 Å². The van der Waals surface area contributed by atoms with Crippen molar-refractivity contribution in [2.45, 2.75) is 51.6 Å². The Morgan fingerprint density at radius 1 is 1.10 bits per heavy atom. The molecule has 2 heterocycles. The Morgan fingerprint density at radius 3 is 2.69 bits per heavy atom. The molecule has 29 heavy (non-hydrogen) atoms. The Balaban J connectivity index is 1.51. The van der Waals surface area contributed by atoms with Crippen LogP contribution in [0.1, 0.15) is 54.0 Å². The van der Waals surface area contributed by atoms with Gasteiger partial charge in [0.25, 0.3) is 0 Å². The van der Waals surface area contributed by atoms with Crippen LogP contribution >= 0.6 is 0 Å². The average molecular weight is 383 g/mol. The molecule has 1 aliphatic carbocycles. The van der Waals surface area contributed by atoms with Crippen molar-refractivity contribution in [1.82, 2.24) is 9.88 Å². The zero-order valence-electron chi connectivity index (χ0n) is 17.3. The molecule has 2 aliphatic rings. The minimum atomic E-state index is 0.504. The number of nitrogens with one attached hydrogen (secondary N) is 1. The maximum absolute atomic E-state index is 5.74. The second-order valence-electron chi connectivity index (χ2n) is 9.00. The lowest BCUT2D eigenvalue weighted by Crippen LogP contribution is -2.37. The predicted molar refractivity (Wildman–Crippen MR) is 121 cm³/mol. The minimum absolute atomic E-state index is 0.504. The van der Waals surface area contributed by atoms with E-state index in [1.54, 1.807) is 0 Å². The van der Waals surface area contributed by atoms with Crippen LogP contribution in [0.4, 0.5) is 0 Å². The zero-order chi connectivity index (χ0) is 19.8. The van der Waals surface area contributed by atoms with Gasteiger partial charge in [0.2, 0.25) is 0 Å². The van der Waals surface area contributed by atoms with Crippen molar-refractivity contribution in [3.8, 4) is 12.3 Å². The molecule has 1 aromatic heterocycles. The van der Waals surface area contributed by atoms with Gasteiger partial charge in [-0.2, -0.15) is 0 Å². The summed E-state index contributed by atoms with van der Waals surface area (Å²) in [7, 11) is 0. The Kier molecular flexibility index (Phi) is 4.94. The van der Waals surface area contributed by atoms with Gasteiger partial charge in [0.1, 0.15) is 0 Å². The van der Waals surface area contributed by atoms with E-state index in [4.69, 9.17) is 6.42 Å². The van der Waals surface area contributed by atoms with Crippen LogP contribution in [0, 0.1) is 31.1 Å². The summed E-state index contributed by atoms with van der Waals surface area (Å²) in [6, 6.07) is 16.2. The number of hydrogen-bond donors (Lipinski definition) is 1. The first-order chi connectivity index (χ1) is 14.2. The Hall–Kier alpha value is -2.50. The molecule has 2 fully saturated rings. The summed E-state index contributed by atoms with van der Waals surface area (Å²) in [6.07, 6.45) is 14.0. The average Bonchev–Trinajstić information content (AvgIpc) is 3.48. The van der Waals surface area contributed by atoms with E-state index in [2.05, 4.69) is 71.4 Å². The lowest BCUT2D eigenvalue weighted by atomic mass is 9.83. The van der Waals surface area contributed by atoms with Gasteiger partial charge < -0.3 is 4.98 Å². The molecule has 2 aromatic carbocycles. The van der Waals surface area contributed by atoms with Gasteiger partial charge in [-0.15, -0.1) is 12.3 Å². The molecular weight excluding hydrogens is 352 g/mol. The molecule has 1 saturated heterocycles. The number of rotatable bonds is 5. The highest BCUT2D eigenvalue weighted by Gasteiger charge is 2.38. The van der Waals surface area contributed by atoms with Crippen molar-refractivity contribution < 1.29 is 0 Å². The second kappa shape index (κ2) is 7.73. The third-order valence-corrected chi connectivity index (χ3v) is 7.13. The summed E-state index contributed by atoms with van der Waals surface area (Å²) in [4.78, 5) is 6.15. The van der Waals surface area contributed by atoms with E-state index in [0.29, 0.717) is 12.5 Å². The number of likely N-dealkylation sites (tertiary alicyclic amines) is 1. The lowest BCUT2D eigenvalue weighted by Gasteiger charge is -2.40. The van der Waals surface area contributed by atoms with Gasteiger partial charge in [-0.25, -0.2) is 0 Å². The molecular formula is C27H30N2. The van der Waals surface area contributed by atoms with Crippen molar-refractivity contribution >= 4 is 10.9 Å². The molecule has 1 N–H and O–H groups in total. The lowest BCUT2D eigenvalue weighted by molar-refractivity contribution is 0.0960. The highest BCUT2D eigenvalue weighted by Crippen LogP contribution is 2.47. The molecule has 0 radical (unpaired) electrons. The Bertz CT molecular complexity index is 1040. The molecule has 3 aromatic rings. The number of hydrogen-bond acceptors (Lipinski definition) is 1. The molecule has 148 valence electrons.